The Bertz CT molecular complexity index is 2510. The van der Waals surface area contributed by atoms with Crippen LogP contribution in [0.5, 0.6) is 0 Å². The zero-order valence-electron chi connectivity index (χ0n) is 37.2. The smallest absolute Gasteiger partial charge is 0.407 e. The number of benzene rings is 3. The van der Waals surface area contributed by atoms with Crippen LogP contribution in [0, 0.1) is 23.7 Å². The number of carbonyl (C=O) groups excluding carboxylic acids is 4. The molecular formula is C49H57N7O6S. The van der Waals surface area contributed by atoms with Crippen molar-refractivity contribution in [2.45, 2.75) is 85.0 Å². The van der Waals surface area contributed by atoms with Gasteiger partial charge in [0, 0.05) is 30.1 Å². The highest BCUT2D eigenvalue weighted by molar-refractivity contribution is 7.21. The maximum absolute atomic E-state index is 13.8. The molecular weight excluding hydrogens is 815 g/mol. The molecule has 0 radical (unpaired) electrons. The van der Waals surface area contributed by atoms with Crippen molar-refractivity contribution in [2.24, 2.45) is 28.7 Å². The summed E-state index contributed by atoms with van der Waals surface area (Å²) in [6.45, 7) is 13.2. The molecule has 13 nitrogen and oxygen atoms in total. The molecule has 3 N–H and O–H groups in total. The monoisotopic (exact) mass is 871 g/mol. The van der Waals surface area contributed by atoms with Crippen LogP contribution < -0.4 is 10.6 Å². The van der Waals surface area contributed by atoms with Crippen molar-refractivity contribution >= 4 is 57.1 Å². The van der Waals surface area contributed by atoms with Crippen LogP contribution in [0.15, 0.2) is 77.8 Å². The number of nitrogens with one attached hydrogen (secondary N) is 3. The van der Waals surface area contributed by atoms with Crippen LogP contribution >= 0.6 is 11.3 Å². The fourth-order valence-electron chi connectivity index (χ4n) is 9.32. The Balaban J connectivity index is 0.918. The lowest BCUT2D eigenvalue weighted by atomic mass is 9.96. The van der Waals surface area contributed by atoms with E-state index >= 15 is 0 Å². The molecule has 3 aliphatic rings. The van der Waals surface area contributed by atoms with Crippen LogP contribution in [0.3, 0.4) is 0 Å². The van der Waals surface area contributed by atoms with E-state index in [0.717, 1.165) is 78.7 Å². The van der Waals surface area contributed by atoms with Crippen LogP contribution in [0.2, 0.25) is 0 Å². The summed E-state index contributed by atoms with van der Waals surface area (Å²) < 4.78 is 9.61. The highest BCUT2D eigenvalue weighted by Crippen LogP contribution is 2.40. The topological polar surface area (TPSA) is 158 Å². The summed E-state index contributed by atoms with van der Waals surface area (Å²) in [4.78, 5) is 71.0. The van der Waals surface area contributed by atoms with Gasteiger partial charge in [0.05, 0.1) is 37.5 Å². The van der Waals surface area contributed by atoms with Crippen LogP contribution in [0.4, 0.5) is 15.3 Å². The molecule has 6 atom stereocenters. The van der Waals surface area contributed by atoms with Gasteiger partial charge in [-0.05, 0) is 88.1 Å². The lowest BCUT2D eigenvalue weighted by molar-refractivity contribution is -0.136. The molecule has 4 amide bonds. The van der Waals surface area contributed by atoms with Crippen LogP contribution in [-0.4, -0.2) is 94.9 Å². The van der Waals surface area contributed by atoms with Crippen molar-refractivity contribution in [3.63, 3.8) is 0 Å². The molecule has 0 saturated carbocycles. The Labute approximate surface area is 372 Å². The number of hydrogen-bond acceptors (Lipinski definition) is 9. The second-order valence-electron chi connectivity index (χ2n) is 18.1. The summed E-state index contributed by atoms with van der Waals surface area (Å²) in [6, 6.07) is 24.1. The number of thiophene rings is 1. The minimum atomic E-state index is -0.688. The van der Waals surface area contributed by atoms with Gasteiger partial charge in [-0.15, -0.1) is 11.3 Å². The van der Waals surface area contributed by atoms with Gasteiger partial charge in [-0.2, -0.15) is 0 Å². The minimum absolute atomic E-state index is 0.0930. The van der Waals surface area contributed by atoms with Crippen molar-refractivity contribution < 1.29 is 28.7 Å². The number of aliphatic imine (C=N–C) groups is 1. The van der Waals surface area contributed by atoms with Crippen LogP contribution in [-0.2, 0) is 25.5 Å². The third kappa shape index (κ3) is 8.95. The summed E-state index contributed by atoms with van der Waals surface area (Å²) in [5.41, 5.74) is 9.59. The first-order chi connectivity index (χ1) is 30.2. The van der Waals surface area contributed by atoms with Gasteiger partial charge < -0.3 is 34.9 Å². The number of aromatic amines is 1. The predicted octanol–water partition coefficient (Wildman–Crippen LogP) is 9.16. The van der Waals surface area contributed by atoms with Gasteiger partial charge in [0.1, 0.15) is 22.7 Å². The van der Waals surface area contributed by atoms with Crippen molar-refractivity contribution in [3.8, 4) is 32.7 Å². The van der Waals surface area contributed by atoms with E-state index in [2.05, 4.69) is 102 Å². The quantitative estimate of drug-likeness (QED) is 0.119. The first-order valence-corrected chi connectivity index (χ1v) is 22.7. The number of aromatic nitrogens is 2. The van der Waals surface area contributed by atoms with Crippen molar-refractivity contribution in [1.29, 1.82) is 0 Å². The summed E-state index contributed by atoms with van der Waals surface area (Å²) in [5.74, 6) is 0.964. The molecule has 2 fully saturated rings. The molecule has 330 valence electrons. The van der Waals surface area contributed by atoms with E-state index in [1.54, 1.807) is 11.3 Å². The number of alkyl carbamates (subject to hydrolysis) is 2. The van der Waals surface area contributed by atoms with Gasteiger partial charge >= 0.3 is 12.2 Å². The van der Waals surface area contributed by atoms with E-state index < -0.39 is 24.3 Å². The number of H-pyrrole nitrogens is 1. The molecule has 3 aliphatic heterocycles. The third-order valence-corrected chi connectivity index (χ3v) is 13.8. The number of fused-ring (bicyclic) bond motifs is 2. The van der Waals surface area contributed by atoms with Gasteiger partial charge in [0.15, 0.2) is 0 Å². The standard InChI is InChI=1S/C49H57N7O6S/c1-26(2)42(52-48(59)61-7)46(57)55-24-28(5)19-39(55)37-22-35-21-34(17-18-36(35)50-37)32-11-9-30(10-12-32)31-13-15-33(16-14-31)41-23-38-45(63-41)54-44(51-38)40-20-29(6)25-56(40)47(58)43(27(3)4)53-49(60)62-8/h9-18,21,23,26-29,39-40,42-43H,19-20,22,24-25H2,1-8H3,(H,51,54)(H,52,59)(H,53,60)/t28-,29-,39-,40-,42-,43-/m0/s1. The Kier molecular flexibility index (Phi) is 12.5. The van der Waals surface area contributed by atoms with E-state index in [4.69, 9.17) is 19.5 Å². The number of hydrogen-bond donors (Lipinski definition) is 3. The Hall–Kier alpha value is -6.02. The van der Waals surface area contributed by atoms with Gasteiger partial charge in [-0.1, -0.05) is 96.1 Å². The Morgan fingerprint density at radius 2 is 1.19 bits per heavy atom. The number of imidazole rings is 1. The summed E-state index contributed by atoms with van der Waals surface area (Å²) in [5, 5.41) is 5.47. The molecule has 14 heteroatoms. The number of amides is 4. The van der Waals surface area contributed by atoms with Crippen molar-refractivity contribution in [2.75, 3.05) is 27.3 Å². The molecule has 0 bridgehead atoms. The van der Waals surface area contributed by atoms with Gasteiger partial charge in [-0.25, -0.2) is 14.6 Å². The van der Waals surface area contributed by atoms with Gasteiger partial charge in [0.2, 0.25) is 11.8 Å². The lowest BCUT2D eigenvalue weighted by Gasteiger charge is -2.31. The second kappa shape index (κ2) is 18.0. The van der Waals surface area contributed by atoms with Gasteiger partial charge in [0.25, 0.3) is 0 Å². The normalized spacial score (nSPS) is 20.5. The second-order valence-corrected chi connectivity index (χ2v) is 19.2. The zero-order chi connectivity index (χ0) is 44.7. The highest BCUT2D eigenvalue weighted by atomic mass is 32.1. The molecule has 0 unspecified atom stereocenters. The zero-order valence-corrected chi connectivity index (χ0v) is 38.0. The van der Waals surface area contributed by atoms with E-state index in [1.807, 2.05) is 37.5 Å². The summed E-state index contributed by atoms with van der Waals surface area (Å²) >= 11 is 1.62. The molecule has 0 spiro atoms. The van der Waals surface area contributed by atoms with Crippen LogP contribution in [0.25, 0.3) is 43.0 Å². The SMILES string of the molecule is COC(=O)N[C@H](C(=O)N1C[C@@H](C)C[C@H]1C1=Nc2ccc(-c3ccc(-c4ccc(-c5cc6[nH]c([C@@H]7C[C@H](C)CN7C(=O)[C@@H](NC(=O)OC)C(C)C)nc6s5)cc4)cc3)cc2C1)C(C)C. The first-order valence-electron chi connectivity index (χ1n) is 21.9. The van der Waals surface area contributed by atoms with E-state index in [0.29, 0.717) is 31.3 Å². The molecule has 2 aromatic heterocycles. The molecule has 0 aliphatic carbocycles. The Morgan fingerprint density at radius 1 is 0.698 bits per heavy atom. The Morgan fingerprint density at radius 3 is 1.71 bits per heavy atom. The maximum Gasteiger partial charge on any atom is 0.407 e. The first kappa shape index (κ1) is 43.6. The average molecular weight is 872 g/mol. The minimum Gasteiger partial charge on any atom is -0.453 e. The van der Waals surface area contributed by atoms with E-state index in [9.17, 15) is 19.2 Å². The summed E-state index contributed by atoms with van der Waals surface area (Å²) in [6.07, 6.45) is 1.08. The molecule has 63 heavy (non-hydrogen) atoms. The van der Waals surface area contributed by atoms with Gasteiger partial charge in [-0.3, -0.25) is 14.6 Å². The number of rotatable bonds is 11. The van der Waals surface area contributed by atoms with Crippen LogP contribution in [0.1, 0.15) is 71.8 Å². The lowest BCUT2D eigenvalue weighted by Crippen LogP contribution is -2.53. The van der Waals surface area contributed by atoms with Crippen molar-refractivity contribution in [1.82, 2.24) is 30.4 Å². The highest BCUT2D eigenvalue weighted by Gasteiger charge is 2.42. The molecule has 3 aromatic carbocycles. The number of carbonyl (C=O) groups is 4. The number of likely N-dealkylation sites (tertiary alicyclic amines) is 2. The van der Waals surface area contributed by atoms with E-state index in [1.165, 1.54) is 14.2 Å². The molecule has 2 saturated heterocycles. The van der Waals surface area contributed by atoms with Crippen molar-refractivity contribution in [3.05, 3.63) is 84.2 Å². The average Bonchev–Trinajstić information content (AvgIpc) is 4.12. The fraction of sp³-hybridized carbons (Fsp3) is 0.429. The van der Waals surface area contributed by atoms with E-state index in [-0.39, 0.29) is 35.7 Å². The number of nitrogens with zero attached hydrogens (tertiary/aromatic N) is 4. The molecule has 8 rings (SSSR count). The maximum atomic E-state index is 13.8. The molecule has 5 heterocycles. The fourth-order valence-corrected chi connectivity index (χ4v) is 10.3. The largest absolute Gasteiger partial charge is 0.453 e. The third-order valence-electron chi connectivity index (χ3n) is 12.7. The molecule has 5 aromatic rings. The number of methoxy groups -OCH3 is 2. The predicted molar refractivity (Wildman–Crippen MR) is 247 cm³/mol. The number of ether oxygens (including phenoxy) is 2. The summed E-state index contributed by atoms with van der Waals surface area (Å²) in [7, 11) is 2.61.